The van der Waals surface area contributed by atoms with Crippen LogP contribution >= 0.6 is 0 Å². The van der Waals surface area contributed by atoms with Crippen LogP contribution in [0.2, 0.25) is 0 Å². The van der Waals surface area contributed by atoms with Gasteiger partial charge in [0.25, 0.3) is 0 Å². The predicted molar refractivity (Wildman–Crippen MR) is 102 cm³/mol. The molecule has 0 bridgehead atoms. The highest BCUT2D eigenvalue weighted by molar-refractivity contribution is 6.14. The molecule has 136 valence electrons. The number of ketones is 2. The van der Waals surface area contributed by atoms with Crippen molar-refractivity contribution >= 4 is 22.6 Å². The van der Waals surface area contributed by atoms with E-state index in [1.807, 2.05) is 19.1 Å². The molecule has 4 rings (SSSR count). The average molecular weight is 369 g/mol. The summed E-state index contributed by atoms with van der Waals surface area (Å²) in [5, 5.41) is 0. The highest BCUT2D eigenvalue weighted by Gasteiger charge is 2.18. The van der Waals surface area contributed by atoms with Gasteiger partial charge in [-0.2, -0.15) is 0 Å². The first-order chi connectivity index (χ1) is 13.6. The Morgan fingerprint density at radius 2 is 1.68 bits per heavy atom. The standard InChI is InChI=1S/C21H15N5O2/c1-13-2-3-16(26-9-13)8-19(27)17-6-14(7-18-20(17)25-5-4-24-18)21(28)15-10-22-12-23-11-15/h2-7,9-12H,8H2,1H3. The molecule has 0 saturated carbocycles. The van der Waals surface area contributed by atoms with Gasteiger partial charge in [-0.1, -0.05) is 6.07 Å². The zero-order chi connectivity index (χ0) is 19.5. The van der Waals surface area contributed by atoms with E-state index in [0.717, 1.165) is 5.56 Å². The predicted octanol–water partition coefficient (Wildman–Crippen LogP) is 2.78. The summed E-state index contributed by atoms with van der Waals surface area (Å²) in [7, 11) is 0. The number of rotatable bonds is 5. The number of Topliss-reactive ketones (excluding diaryl/α,β-unsaturated/α-hetero) is 1. The van der Waals surface area contributed by atoms with Crippen LogP contribution in [0.1, 0.15) is 37.5 Å². The van der Waals surface area contributed by atoms with Crippen LogP contribution in [0.3, 0.4) is 0 Å². The molecule has 0 aliphatic carbocycles. The third kappa shape index (κ3) is 3.50. The summed E-state index contributed by atoms with van der Waals surface area (Å²) in [6.45, 7) is 1.93. The van der Waals surface area contributed by atoms with E-state index >= 15 is 0 Å². The second-order valence-electron chi connectivity index (χ2n) is 6.33. The molecule has 0 N–H and O–H groups in total. The Balaban J connectivity index is 1.77. The normalized spacial score (nSPS) is 10.8. The second kappa shape index (κ2) is 7.40. The van der Waals surface area contributed by atoms with Crippen molar-refractivity contribution in [1.29, 1.82) is 0 Å². The number of carbonyl (C=O) groups is 2. The number of carbonyl (C=O) groups excluding carboxylic acids is 2. The number of aryl methyl sites for hydroxylation is 1. The van der Waals surface area contributed by atoms with E-state index in [2.05, 4.69) is 24.9 Å². The number of nitrogens with zero attached hydrogens (tertiary/aromatic N) is 5. The van der Waals surface area contributed by atoms with Crippen molar-refractivity contribution in [3.05, 3.63) is 89.5 Å². The van der Waals surface area contributed by atoms with E-state index in [9.17, 15) is 9.59 Å². The lowest BCUT2D eigenvalue weighted by Gasteiger charge is -2.08. The van der Waals surface area contributed by atoms with Gasteiger partial charge in [0.15, 0.2) is 11.6 Å². The zero-order valence-corrected chi connectivity index (χ0v) is 15.0. The third-order valence-corrected chi connectivity index (χ3v) is 4.27. The molecule has 0 amide bonds. The Bertz CT molecular complexity index is 1170. The maximum atomic E-state index is 13.0. The quantitative estimate of drug-likeness (QED) is 0.499. The first kappa shape index (κ1) is 17.5. The summed E-state index contributed by atoms with van der Waals surface area (Å²) in [6.07, 6.45) is 9.11. The van der Waals surface area contributed by atoms with Gasteiger partial charge in [-0.15, -0.1) is 0 Å². The van der Waals surface area contributed by atoms with E-state index in [1.165, 1.54) is 31.1 Å². The Kier molecular flexibility index (Phi) is 4.63. The van der Waals surface area contributed by atoms with Crippen LogP contribution in [0, 0.1) is 6.92 Å². The van der Waals surface area contributed by atoms with Gasteiger partial charge in [-0.3, -0.25) is 24.5 Å². The molecule has 0 fully saturated rings. The van der Waals surface area contributed by atoms with Crippen molar-refractivity contribution in [3.63, 3.8) is 0 Å². The maximum Gasteiger partial charge on any atom is 0.196 e. The first-order valence-electron chi connectivity index (χ1n) is 8.61. The van der Waals surface area contributed by atoms with Crippen molar-refractivity contribution < 1.29 is 9.59 Å². The van der Waals surface area contributed by atoms with Gasteiger partial charge in [0.1, 0.15) is 6.33 Å². The molecule has 0 radical (unpaired) electrons. The molecule has 0 aliphatic heterocycles. The van der Waals surface area contributed by atoms with Crippen molar-refractivity contribution in [2.75, 3.05) is 0 Å². The molecule has 7 heteroatoms. The van der Waals surface area contributed by atoms with Crippen LogP contribution in [-0.2, 0) is 6.42 Å². The average Bonchev–Trinajstić information content (AvgIpc) is 2.74. The van der Waals surface area contributed by atoms with Gasteiger partial charge in [-0.05, 0) is 30.7 Å². The van der Waals surface area contributed by atoms with Gasteiger partial charge in [-0.25, -0.2) is 9.97 Å². The van der Waals surface area contributed by atoms with Gasteiger partial charge < -0.3 is 0 Å². The summed E-state index contributed by atoms with van der Waals surface area (Å²) >= 11 is 0. The lowest BCUT2D eigenvalue weighted by molar-refractivity contribution is 0.0993. The smallest absolute Gasteiger partial charge is 0.196 e. The van der Waals surface area contributed by atoms with E-state index in [1.54, 1.807) is 18.3 Å². The van der Waals surface area contributed by atoms with Crippen molar-refractivity contribution in [2.24, 2.45) is 0 Å². The van der Waals surface area contributed by atoms with Crippen LogP contribution in [0.25, 0.3) is 11.0 Å². The monoisotopic (exact) mass is 369 g/mol. The molecule has 3 aromatic heterocycles. The van der Waals surface area contributed by atoms with Crippen molar-refractivity contribution in [1.82, 2.24) is 24.9 Å². The number of hydrogen-bond donors (Lipinski definition) is 0. The van der Waals surface area contributed by atoms with Gasteiger partial charge >= 0.3 is 0 Å². The van der Waals surface area contributed by atoms with Crippen LogP contribution in [0.15, 0.2) is 61.6 Å². The molecule has 7 nitrogen and oxygen atoms in total. The Morgan fingerprint density at radius 1 is 0.893 bits per heavy atom. The minimum absolute atomic E-state index is 0.109. The summed E-state index contributed by atoms with van der Waals surface area (Å²) in [5.41, 5.74) is 3.62. The molecule has 0 spiro atoms. The van der Waals surface area contributed by atoms with Crippen LogP contribution in [0.5, 0.6) is 0 Å². The first-order valence-corrected chi connectivity index (χ1v) is 8.61. The van der Waals surface area contributed by atoms with Gasteiger partial charge in [0, 0.05) is 47.8 Å². The SMILES string of the molecule is Cc1ccc(CC(=O)c2cc(C(=O)c3cncnc3)cc3nccnc23)nc1. The summed E-state index contributed by atoms with van der Waals surface area (Å²) in [5.74, 6) is -0.462. The highest BCUT2D eigenvalue weighted by atomic mass is 16.1. The lowest BCUT2D eigenvalue weighted by atomic mass is 9.97. The summed E-state index contributed by atoms with van der Waals surface area (Å²) < 4.78 is 0. The van der Waals surface area contributed by atoms with E-state index in [4.69, 9.17) is 0 Å². The maximum absolute atomic E-state index is 13.0. The fraction of sp³-hybridized carbons (Fsp3) is 0.0952. The molecule has 0 saturated heterocycles. The molecule has 0 unspecified atom stereocenters. The third-order valence-electron chi connectivity index (χ3n) is 4.27. The van der Waals surface area contributed by atoms with Crippen LogP contribution in [-0.4, -0.2) is 36.5 Å². The van der Waals surface area contributed by atoms with Gasteiger partial charge in [0.2, 0.25) is 0 Å². The fourth-order valence-corrected chi connectivity index (χ4v) is 2.86. The molecular formula is C21H15N5O2. The van der Waals surface area contributed by atoms with Crippen molar-refractivity contribution in [3.8, 4) is 0 Å². The highest BCUT2D eigenvalue weighted by Crippen LogP contribution is 2.21. The van der Waals surface area contributed by atoms with Crippen LogP contribution in [0.4, 0.5) is 0 Å². The number of aromatic nitrogens is 5. The van der Waals surface area contributed by atoms with Gasteiger partial charge in [0.05, 0.1) is 23.0 Å². The van der Waals surface area contributed by atoms with Crippen molar-refractivity contribution in [2.45, 2.75) is 13.3 Å². The molecule has 3 heterocycles. The minimum Gasteiger partial charge on any atom is -0.294 e. The van der Waals surface area contributed by atoms with Crippen LogP contribution < -0.4 is 0 Å². The number of benzene rings is 1. The molecule has 28 heavy (non-hydrogen) atoms. The molecule has 1 aromatic carbocycles. The number of fused-ring (bicyclic) bond motifs is 1. The zero-order valence-electron chi connectivity index (χ0n) is 15.0. The molecule has 0 aliphatic rings. The molecule has 0 atom stereocenters. The topological polar surface area (TPSA) is 98.6 Å². The van der Waals surface area contributed by atoms with E-state index < -0.39 is 0 Å². The Hall–Kier alpha value is -3.87. The van der Waals surface area contributed by atoms with E-state index in [0.29, 0.717) is 33.4 Å². The molecular weight excluding hydrogens is 354 g/mol. The second-order valence-corrected chi connectivity index (χ2v) is 6.33. The Labute approximate surface area is 160 Å². The fourth-order valence-electron chi connectivity index (χ4n) is 2.86. The summed E-state index contributed by atoms with van der Waals surface area (Å²) in [6, 6.07) is 6.90. The lowest BCUT2D eigenvalue weighted by Crippen LogP contribution is -2.10. The molecule has 4 aromatic rings. The largest absolute Gasteiger partial charge is 0.294 e. The Morgan fingerprint density at radius 3 is 2.43 bits per heavy atom. The number of hydrogen-bond acceptors (Lipinski definition) is 7. The minimum atomic E-state index is -0.282. The van der Waals surface area contributed by atoms with E-state index in [-0.39, 0.29) is 18.0 Å². The summed E-state index contributed by atoms with van der Waals surface area (Å²) in [4.78, 5) is 46.4. The number of pyridine rings is 1.